The second kappa shape index (κ2) is 5.55. The minimum Gasteiger partial charge on any atom is -0.370 e. The Morgan fingerprint density at radius 2 is 2.00 bits per heavy atom. The highest BCUT2D eigenvalue weighted by Gasteiger charge is 2.20. The summed E-state index contributed by atoms with van der Waals surface area (Å²) >= 11 is 0. The fourth-order valence-corrected chi connectivity index (χ4v) is 1.57. The van der Waals surface area contributed by atoms with Gasteiger partial charge in [0.25, 0.3) is 0 Å². The molecular weight excluding hydrogens is 214 g/mol. The van der Waals surface area contributed by atoms with Crippen LogP contribution in [0.1, 0.15) is 24.9 Å². The van der Waals surface area contributed by atoms with Gasteiger partial charge in [0.1, 0.15) is 11.6 Å². The molecule has 1 unspecified atom stereocenters. The number of rotatable bonds is 5. The average Bonchev–Trinajstić information content (AvgIpc) is 2.16. The van der Waals surface area contributed by atoms with E-state index in [1.165, 1.54) is 6.07 Å². The van der Waals surface area contributed by atoms with Crippen molar-refractivity contribution in [2.24, 2.45) is 5.73 Å². The maximum atomic E-state index is 13.4. The van der Waals surface area contributed by atoms with Crippen LogP contribution in [0.15, 0.2) is 18.2 Å². The second-order valence-electron chi connectivity index (χ2n) is 3.42. The van der Waals surface area contributed by atoms with Crippen molar-refractivity contribution < 1.29 is 13.6 Å². The van der Waals surface area contributed by atoms with Crippen molar-refractivity contribution in [2.75, 3.05) is 6.54 Å². The van der Waals surface area contributed by atoms with E-state index >= 15 is 0 Å². The van der Waals surface area contributed by atoms with Crippen LogP contribution in [-0.2, 0) is 4.79 Å². The predicted octanol–water partition coefficient (Wildman–Crippen LogP) is 1.49. The molecule has 0 aliphatic carbocycles. The van der Waals surface area contributed by atoms with Gasteiger partial charge in [0.05, 0.1) is 0 Å². The van der Waals surface area contributed by atoms with Gasteiger partial charge in [-0.1, -0.05) is 13.0 Å². The van der Waals surface area contributed by atoms with Crippen LogP contribution < -0.4 is 11.1 Å². The largest absolute Gasteiger partial charge is 0.370 e. The molecule has 16 heavy (non-hydrogen) atoms. The zero-order valence-corrected chi connectivity index (χ0v) is 8.97. The first-order valence-corrected chi connectivity index (χ1v) is 5.01. The molecule has 1 rings (SSSR count). The Bertz CT molecular complexity index is 362. The SMILES string of the molecule is CCNC(CC(N)=O)c1c(F)cccc1F. The molecule has 1 aromatic rings. The normalized spacial score (nSPS) is 12.4. The van der Waals surface area contributed by atoms with Crippen molar-refractivity contribution in [1.82, 2.24) is 5.32 Å². The molecule has 0 bridgehead atoms. The van der Waals surface area contributed by atoms with Crippen molar-refractivity contribution in [2.45, 2.75) is 19.4 Å². The summed E-state index contributed by atoms with van der Waals surface area (Å²) in [5, 5.41) is 2.83. The summed E-state index contributed by atoms with van der Waals surface area (Å²) in [7, 11) is 0. The molecule has 0 heterocycles. The van der Waals surface area contributed by atoms with E-state index in [1.807, 2.05) is 0 Å². The molecule has 0 fully saturated rings. The lowest BCUT2D eigenvalue weighted by molar-refractivity contribution is -0.118. The Morgan fingerprint density at radius 1 is 1.44 bits per heavy atom. The van der Waals surface area contributed by atoms with E-state index in [0.717, 1.165) is 12.1 Å². The number of benzene rings is 1. The summed E-state index contributed by atoms with van der Waals surface area (Å²) in [6.07, 6.45) is -0.133. The Kier molecular flexibility index (Phi) is 4.37. The lowest BCUT2D eigenvalue weighted by Gasteiger charge is -2.17. The van der Waals surface area contributed by atoms with Crippen LogP contribution in [-0.4, -0.2) is 12.5 Å². The predicted molar refractivity (Wildman–Crippen MR) is 56.6 cm³/mol. The molecular formula is C11H14F2N2O. The highest BCUT2D eigenvalue weighted by Crippen LogP contribution is 2.22. The van der Waals surface area contributed by atoms with Gasteiger partial charge < -0.3 is 11.1 Å². The molecule has 1 atom stereocenters. The Balaban J connectivity index is 3.04. The fourth-order valence-electron chi connectivity index (χ4n) is 1.57. The van der Waals surface area contributed by atoms with Crippen LogP contribution in [0.25, 0.3) is 0 Å². The molecule has 0 spiro atoms. The highest BCUT2D eigenvalue weighted by molar-refractivity contribution is 5.74. The maximum absolute atomic E-state index is 13.4. The van der Waals surface area contributed by atoms with Gasteiger partial charge in [0, 0.05) is 18.0 Å². The van der Waals surface area contributed by atoms with Crippen molar-refractivity contribution in [1.29, 1.82) is 0 Å². The minimum atomic E-state index is -0.719. The molecule has 3 N–H and O–H groups in total. The van der Waals surface area contributed by atoms with Gasteiger partial charge in [-0.2, -0.15) is 0 Å². The quantitative estimate of drug-likeness (QED) is 0.802. The van der Waals surface area contributed by atoms with Crippen LogP contribution in [0.2, 0.25) is 0 Å². The number of nitrogens with two attached hydrogens (primary N) is 1. The van der Waals surface area contributed by atoms with Crippen LogP contribution in [0.3, 0.4) is 0 Å². The van der Waals surface area contributed by atoms with E-state index in [1.54, 1.807) is 6.92 Å². The van der Waals surface area contributed by atoms with E-state index in [2.05, 4.69) is 5.32 Å². The number of amides is 1. The molecule has 0 saturated heterocycles. The Hall–Kier alpha value is -1.49. The van der Waals surface area contributed by atoms with Crippen molar-refractivity contribution in [3.05, 3.63) is 35.4 Å². The van der Waals surface area contributed by atoms with Gasteiger partial charge in [0.2, 0.25) is 5.91 Å². The van der Waals surface area contributed by atoms with Crippen LogP contribution in [0.4, 0.5) is 8.78 Å². The molecule has 1 amide bonds. The molecule has 3 nitrogen and oxygen atoms in total. The Labute approximate surface area is 92.6 Å². The van der Waals surface area contributed by atoms with E-state index in [4.69, 9.17) is 5.73 Å². The van der Waals surface area contributed by atoms with Gasteiger partial charge in [-0.25, -0.2) is 8.78 Å². The molecule has 0 aliphatic rings. The summed E-state index contributed by atoms with van der Waals surface area (Å²) in [6.45, 7) is 2.28. The number of carbonyl (C=O) groups is 1. The third-order valence-corrected chi connectivity index (χ3v) is 2.20. The van der Waals surface area contributed by atoms with Crippen molar-refractivity contribution >= 4 is 5.91 Å². The van der Waals surface area contributed by atoms with Gasteiger partial charge >= 0.3 is 0 Å². The summed E-state index contributed by atoms with van der Waals surface area (Å²) in [5.41, 5.74) is 4.90. The summed E-state index contributed by atoms with van der Waals surface area (Å²) in [4.78, 5) is 10.8. The van der Waals surface area contributed by atoms with Crippen molar-refractivity contribution in [3.8, 4) is 0 Å². The topological polar surface area (TPSA) is 55.1 Å². The molecule has 1 aromatic carbocycles. The van der Waals surface area contributed by atoms with E-state index < -0.39 is 23.6 Å². The first-order chi connectivity index (χ1) is 7.56. The number of hydrogen-bond acceptors (Lipinski definition) is 2. The minimum absolute atomic E-state index is 0.133. The Morgan fingerprint density at radius 3 is 2.44 bits per heavy atom. The standard InChI is InChI=1S/C11H14F2N2O/c1-2-15-9(6-10(14)16)11-7(12)4-3-5-8(11)13/h3-5,9,15H,2,6H2,1H3,(H2,14,16). The van der Waals surface area contributed by atoms with E-state index in [0.29, 0.717) is 6.54 Å². The molecule has 0 radical (unpaired) electrons. The number of primary amides is 1. The van der Waals surface area contributed by atoms with Gasteiger partial charge in [0.15, 0.2) is 0 Å². The molecule has 0 aliphatic heterocycles. The average molecular weight is 228 g/mol. The third-order valence-electron chi connectivity index (χ3n) is 2.20. The first-order valence-electron chi connectivity index (χ1n) is 5.01. The van der Waals surface area contributed by atoms with Gasteiger partial charge in [-0.15, -0.1) is 0 Å². The molecule has 0 aromatic heterocycles. The van der Waals surface area contributed by atoms with Gasteiger partial charge in [-0.05, 0) is 18.7 Å². The molecule has 5 heteroatoms. The van der Waals surface area contributed by atoms with E-state index in [9.17, 15) is 13.6 Å². The summed E-state index contributed by atoms with van der Waals surface area (Å²) < 4.78 is 26.9. The smallest absolute Gasteiger partial charge is 0.219 e. The second-order valence-corrected chi connectivity index (χ2v) is 3.42. The lowest BCUT2D eigenvalue weighted by atomic mass is 10.0. The number of halogens is 2. The van der Waals surface area contributed by atoms with E-state index in [-0.39, 0.29) is 12.0 Å². The fraction of sp³-hybridized carbons (Fsp3) is 0.364. The summed E-state index contributed by atoms with van der Waals surface area (Å²) in [5.74, 6) is -1.95. The zero-order chi connectivity index (χ0) is 12.1. The lowest BCUT2D eigenvalue weighted by Crippen LogP contribution is -2.28. The third kappa shape index (κ3) is 3.00. The number of hydrogen-bond donors (Lipinski definition) is 2. The van der Waals surface area contributed by atoms with Crippen LogP contribution in [0.5, 0.6) is 0 Å². The number of carbonyl (C=O) groups excluding carboxylic acids is 1. The van der Waals surface area contributed by atoms with Gasteiger partial charge in [-0.3, -0.25) is 4.79 Å². The number of nitrogens with one attached hydrogen (secondary N) is 1. The molecule has 0 saturated carbocycles. The maximum Gasteiger partial charge on any atom is 0.219 e. The first kappa shape index (κ1) is 12.6. The zero-order valence-electron chi connectivity index (χ0n) is 8.97. The monoisotopic (exact) mass is 228 g/mol. The summed E-state index contributed by atoms with van der Waals surface area (Å²) in [6, 6.07) is 2.87. The van der Waals surface area contributed by atoms with Crippen LogP contribution >= 0.6 is 0 Å². The van der Waals surface area contributed by atoms with Crippen LogP contribution in [0, 0.1) is 11.6 Å². The van der Waals surface area contributed by atoms with Crippen molar-refractivity contribution in [3.63, 3.8) is 0 Å². The highest BCUT2D eigenvalue weighted by atomic mass is 19.1. The molecule has 88 valence electrons.